The van der Waals surface area contributed by atoms with Crippen molar-refractivity contribution in [1.82, 2.24) is 0 Å². The van der Waals surface area contributed by atoms with Crippen LogP contribution in [0.2, 0.25) is 0 Å². The predicted molar refractivity (Wildman–Crippen MR) is 55.6 cm³/mol. The monoisotopic (exact) mass is 208 g/mol. The molecule has 1 aliphatic carbocycles. The molecule has 2 nitrogen and oxygen atoms in total. The Morgan fingerprint density at radius 1 is 1.43 bits per heavy atom. The van der Waals surface area contributed by atoms with Gasteiger partial charge in [-0.15, -0.1) is 11.3 Å². The Kier molecular flexibility index (Phi) is 2.77. The van der Waals surface area contributed by atoms with Gasteiger partial charge in [-0.1, -0.05) is 12.5 Å². The smallest absolute Gasteiger partial charge is 0.183 e. The molecule has 0 radical (unpaired) electrons. The summed E-state index contributed by atoms with van der Waals surface area (Å²) in [4.78, 5) is 24.1. The van der Waals surface area contributed by atoms with E-state index in [0.717, 1.165) is 24.1 Å². The molecule has 1 heterocycles. The van der Waals surface area contributed by atoms with Crippen LogP contribution in [0.15, 0.2) is 17.5 Å². The van der Waals surface area contributed by atoms with Gasteiger partial charge >= 0.3 is 0 Å². The van der Waals surface area contributed by atoms with E-state index >= 15 is 0 Å². The number of Topliss-reactive ketones (excluding diaryl/α,β-unsaturated/α-hetero) is 2. The second kappa shape index (κ2) is 4.05. The third kappa shape index (κ3) is 1.77. The molecule has 0 aromatic carbocycles. The average Bonchev–Trinajstić information content (AvgIpc) is 2.70. The van der Waals surface area contributed by atoms with Gasteiger partial charge in [0.25, 0.3) is 0 Å². The van der Waals surface area contributed by atoms with E-state index in [4.69, 9.17) is 0 Å². The quantitative estimate of drug-likeness (QED) is 0.553. The van der Waals surface area contributed by atoms with Gasteiger partial charge in [0, 0.05) is 6.42 Å². The van der Waals surface area contributed by atoms with E-state index in [1.165, 1.54) is 11.3 Å². The number of hydrogen-bond acceptors (Lipinski definition) is 3. The molecule has 14 heavy (non-hydrogen) atoms. The van der Waals surface area contributed by atoms with Gasteiger partial charge in [-0.25, -0.2) is 0 Å². The molecular weight excluding hydrogens is 196 g/mol. The van der Waals surface area contributed by atoms with E-state index in [9.17, 15) is 9.59 Å². The van der Waals surface area contributed by atoms with Gasteiger partial charge in [-0.3, -0.25) is 9.59 Å². The summed E-state index contributed by atoms with van der Waals surface area (Å²) in [5.41, 5.74) is 0. The van der Waals surface area contributed by atoms with Gasteiger partial charge in [-0.2, -0.15) is 0 Å². The molecule has 0 aliphatic heterocycles. The van der Waals surface area contributed by atoms with Crippen molar-refractivity contribution < 1.29 is 9.59 Å². The number of hydrogen-bond donors (Lipinski definition) is 0. The molecule has 1 saturated carbocycles. The Morgan fingerprint density at radius 3 is 2.93 bits per heavy atom. The SMILES string of the molecule is O=C1CCCCC1C(=O)c1cccs1. The molecule has 1 aliphatic rings. The fraction of sp³-hybridized carbons (Fsp3) is 0.455. The zero-order valence-corrected chi connectivity index (χ0v) is 8.68. The first-order chi connectivity index (χ1) is 6.79. The second-order valence-corrected chi connectivity index (χ2v) is 4.55. The maximum Gasteiger partial charge on any atom is 0.183 e. The number of ketones is 2. The first kappa shape index (κ1) is 9.59. The summed E-state index contributed by atoms with van der Waals surface area (Å²) in [7, 11) is 0. The maximum absolute atomic E-state index is 11.9. The molecule has 1 unspecified atom stereocenters. The molecule has 0 amide bonds. The van der Waals surface area contributed by atoms with Gasteiger partial charge in [0.2, 0.25) is 0 Å². The highest BCUT2D eigenvalue weighted by Gasteiger charge is 2.29. The number of carbonyl (C=O) groups is 2. The molecule has 1 fully saturated rings. The molecule has 0 N–H and O–H groups in total. The Balaban J connectivity index is 2.14. The van der Waals surface area contributed by atoms with Gasteiger partial charge in [0.05, 0.1) is 10.8 Å². The third-order valence-electron chi connectivity index (χ3n) is 2.64. The van der Waals surface area contributed by atoms with Crippen molar-refractivity contribution in [1.29, 1.82) is 0 Å². The van der Waals surface area contributed by atoms with Crippen molar-refractivity contribution in [2.75, 3.05) is 0 Å². The lowest BCUT2D eigenvalue weighted by molar-refractivity contribution is -0.122. The van der Waals surface area contributed by atoms with E-state index < -0.39 is 0 Å². The van der Waals surface area contributed by atoms with E-state index in [1.54, 1.807) is 6.07 Å². The van der Waals surface area contributed by atoms with E-state index in [1.807, 2.05) is 11.4 Å². The van der Waals surface area contributed by atoms with Crippen LogP contribution in [0.4, 0.5) is 0 Å². The highest BCUT2D eigenvalue weighted by molar-refractivity contribution is 7.12. The first-order valence-electron chi connectivity index (χ1n) is 4.89. The Labute approximate surface area is 86.9 Å². The fourth-order valence-corrected chi connectivity index (χ4v) is 2.57. The van der Waals surface area contributed by atoms with Gasteiger partial charge in [-0.05, 0) is 24.3 Å². The lowest BCUT2D eigenvalue weighted by atomic mass is 9.84. The summed E-state index contributed by atoms with van der Waals surface area (Å²) in [6.07, 6.45) is 3.29. The van der Waals surface area contributed by atoms with Crippen LogP contribution in [-0.4, -0.2) is 11.6 Å². The highest BCUT2D eigenvalue weighted by atomic mass is 32.1. The number of thiophene rings is 1. The molecule has 2 rings (SSSR count). The van der Waals surface area contributed by atoms with Crippen LogP contribution in [0.25, 0.3) is 0 Å². The van der Waals surface area contributed by atoms with Crippen LogP contribution in [0, 0.1) is 5.92 Å². The molecular formula is C11H12O2S. The minimum Gasteiger partial charge on any atom is -0.299 e. The van der Waals surface area contributed by atoms with Crippen molar-refractivity contribution in [2.24, 2.45) is 5.92 Å². The molecule has 3 heteroatoms. The minimum absolute atomic E-state index is 0.0321. The largest absolute Gasteiger partial charge is 0.299 e. The summed E-state index contributed by atoms with van der Waals surface area (Å²) in [5.74, 6) is -0.179. The fourth-order valence-electron chi connectivity index (χ4n) is 1.85. The molecule has 0 bridgehead atoms. The predicted octanol–water partition coefficient (Wildman–Crippen LogP) is 2.69. The van der Waals surface area contributed by atoms with Crippen molar-refractivity contribution in [3.63, 3.8) is 0 Å². The number of rotatable bonds is 2. The van der Waals surface area contributed by atoms with E-state index in [-0.39, 0.29) is 17.5 Å². The van der Waals surface area contributed by atoms with Crippen LogP contribution < -0.4 is 0 Å². The van der Waals surface area contributed by atoms with Crippen molar-refractivity contribution in [2.45, 2.75) is 25.7 Å². The normalized spacial score (nSPS) is 22.3. The van der Waals surface area contributed by atoms with Gasteiger partial charge in [0.15, 0.2) is 5.78 Å². The third-order valence-corrected chi connectivity index (χ3v) is 3.52. The summed E-state index contributed by atoms with van der Waals surface area (Å²) < 4.78 is 0. The van der Waals surface area contributed by atoms with Crippen LogP contribution in [0.3, 0.4) is 0 Å². The minimum atomic E-state index is -0.345. The lowest BCUT2D eigenvalue weighted by Crippen LogP contribution is -2.26. The molecule has 1 aromatic heterocycles. The van der Waals surface area contributed by atoms with Gasteiger partial charge in [0.1, 0.15) is 5.78 Å². The Morgan fingerprint density at radius 2 is 2.29 bits per heavy atom. The van der Waals surface area contributed by atoms with E-state index in [0.29, 0.717) is 6.42 Å². The van der Waals surface area contributed by atoms with Crippen LogP contribution >= 0.6 is 11.3 Å². The molecule has 0 spiro atoms. The van der Waals surface area contributed by atoms with Crippen molar-refractivity contribution in [3.8, 4) is 0 Å². The highest BCUT2D eigenvalue weighted by Crippen LogP contribution is 2.25. The average molecular weight is 208 g/mol. The van der Waals surface area contributed by atoms with Crippen LogP contribution in [0.5, 0.6) is 0 Å². The maximum atomic E-state index is 11.9. The van der Waals surface area contributed by atoms with Crippen molar-refractivity contribution in [3.05, 3.63) is 22.4 Å². The molecule has 0 saturated heterocycles. The molecule has 1 atom stereocenters. The topological polar surface area (TPSA) is 34.1 Å². The Hall–Kier alpha value is -0.960. The zero-order chi connectivity index (χ0) is 9.97. The summed E-state index contributed by atoms with van der Waals surface area (Å²) >= 11 is 1.42. The van der Waals surface area contributed by atoms with Crippen molar-refractivity contribution >= 4 is 22.9 Å². The molecule has 74 valence electrons. The second-order valence-electron chi connectivity index (χ2n) is 3.61. The van der Waals surface area contributed by atoms with Crippen LogP contribution in [0.1, 0.15) is 35.4 Å². The Bertz CT molecular complexity index is 340. The standard InChI is InChI=1S/C11H12O2S/c12-9-5-2-1-4-8(9)11(13)10-6-3-7-14-10/h3,6-8H,1-2,4-5H2. The number of carbonyl (C=O) groups excluding carboxylic acids is 2. The van der Waals surface area contributed by atoms with E-state index in [2.05, 4.69) is 0 Å². The molecule has 1 aromatic rings. The summed E-state index contributed by atoms with van der Waals surface area (Å²) in [5, 5.41) is 1.88. The van der Waals surface area contributed by atoms with Gasteiger partial charge < -0.3 is 0 Å². The summed E-state index contributed by atoms with van der Waals surface area (Å²) in [6.45, 7) is 0. The first-order valence-corrected chi connectivity index (χ1v) is 5.77. The zero-order valence-electron chi connectivity index (χ0n) is 7.86. The lowest BCUT2D eigenvalue weighted by Gasteiger charge is -2.18. The van der Waals surface area contributed by atoms with Crippen LogP contribution in [-0.2, 0) is 4.79 Å². The summed E-state index contributed by atoms with van der Waals surface area (Å²) in [6, 6.07) is 3.65.